The molecular weight excluding hydrogens is 232 g/mol. The Kier molecular flexibility index (Phi) is 3.62. The van der Waals surface area contributed by atoms with Gasteiger partial charge in [-0.2, -0.15) is 0 Å². The van der Waals surface area contributed by atoms with Crippen molar-refractivity contribution in [3.05, 3.63) is 48.0 Å². The number of hydrogen-bond acceptors (Lipinski definition) is 3. The first kappa shape index (κ1) is 12.2. The van der Waals surface area contributed by atoms with Crippen LogP contribution in [0.4, 0.5) is 0 Å². The van der Waals surface area contributed by atoms with Gasteiger partial charge in [0, 0.05) is 0 Å². The quantitative estimate of drug-likeness (QED) is 0.876. The Bertz CT molecular complexity index is 534. The second-order valence-electron chi connectivity index (χ2n) is 3.81. The van der Waals surface area contributed by atoms with Crippen molar-refractivity contribution in [3.8, 4) is 5.75 Å². The third-order valence-corrected chi connectivity index (χ3v) is 2.60. The second kappa shape index (κ2) is 5.35. The Labute approximate surface area is 105 Å². The number of imidazole rings is 1. The van der Waals surface area contributed by atoms with Crippen LogP contribution >= 0.6 is 0 Å². The fraction of sp³-hybridized carbons (Fsp3) is 0.231. The topological polar surface area (TPSA) is 64.3 Å². The summed E-state index contributed by atoms with van der Waals surface area (Å²) in [6.45, 7) is 2.64. The van der Waals surface area contributed by atoms with E-state index in [1.165, 1.54) is 6.20 Å². The molecule has 0 atom stereocenters. The van der Waals surface area contributed by atoms with E-state index in [4.69, 9.17) is 9.84 Å². The molecule has 1 N–H and O–H groups in total. The van der Waals surface area contributed by atoms with Crippen LogP contribution < -0.4 is 4.74 Å². The first-order valence-electron chi connectivity index (χ1n) is 5.62. The monoisotopic (exact) mass is 246 g/mol. The number of aryl methyl sites for hydroxylation is 1. The molecule has 1 heterocycles. The summed E-state index contributed by atoms with van der Waals surface area (Å²) >= 11 is 0. The van der Waals surface area contributed by atoms with Crippen molar-refractivity contribution < 1.29 is 14.6 Å². The van der Waals surface area contributed by atoms with Crippen molar-refractivity contribution >= 4 is 5.97 Å². The molecule has 0 aliphatic carbocycles. The number of benzene rings is 1. The zero-order valence-corrected chi connectivity index (χ0v) is 10.0. The maximum atomic E-state index is 11.0. The molecule has 5 heteroatoms. The fourth-order valence-electron chi connectivity index (χ4n) is 1.69. The largest absolute Gasteiger partial charge is 0.492 e. The van der Waals surface area contributed by atoms with Gasteiger partial charge in [-0.15, -0.1) is 0 Å². The van der Waals surface area contributed by atoms with Crippen LogP contribution in [0.3, 0.4) is 0 Å². The van der Waals surface area contributed by atoms with E-state index in [0.717, 1.165) is 5.75 Å². The number of ether oxygens (including phenoxy) is 1. The average molecular weight is 246 g/mol. The summed E-state index contributed by atoms with van der Waals surface area (Å²) in [5, 5.41) is 8.99. The van der Waals surface area contributed by atoms with Gasteiger partial charge in [-0.3, -0.25) is 0 Å². The van der Waals surface area contributed by atoms with Crippen LogP contribution in [0.15, 0.2) is 36.5 Å². The Morgan fingerprint density at radius 3 is 2.78 bits per heavy atom. The molecule has 2 aromatic rings. The Hall–Kier alpha value is -2.30. The molecule has 0 unspecified atom stereocenters. The van der Waals surface area contributed by atoms with Crippen molar-refractivity contribution in [2.75, 3.05) is 6.61 Å². The highest BCUT2D eigenvalue weighted by atomic mass is 16.5. The number of carbonyl (C=O) groups is 1. The van der Waals surface area contributed by atoms with Gasteiger partial charge in [-0.05, 0) is 19.1 Å². The van der Waals surface area contributed by atoms with Crippen LogP contribution in [-0.2, 0) is 6.54 Å². The summed E-state index contributed by atoms with van der Waals surface area (Å²) < 4.78 is 7.16. The third-order valence-electron chi connectivity index (χ3n) is 2.60. The van der Waals surface area contributed by atoms with Gasteiger partial charge in [-0.1, -0.05) is 18.2 Å². The van der Waals surface area contributed by atoms with Gasteiger partial charge in [0.2, 0.25) is 0 Å². The number of nitrogens with zero attached hydrogens (tertiary/aromatic N) is 2. The molecule has 0 saturated heterocycles. The van der Waals surface area contributed by atoms with Crippen LogP contribution in [0.1, 0.15) is 16.3 Å². The molecule has 1 aromatic heterocycles. The number of para-hydroxylation sites is 1. The number of carboxylic acids is 1. The predicted octanol–water partition coefficient (Wildman–Crippen LogP) is 1.97. The lowest BCUT2D eigenvalue weighted by molar-refractivity contribution is 0.0683. The molecule has 94 valence electrons. The first-order valence-corrected chi connectivity index (χ1v) is 5.62. The molecule has 2 rings (SSSR count). The lowest BCUT2D eigenvalue weighted by Gasteiger charge is -2.09. The molecule has 0 aliphatic heterocycles. The van der Waals surface area contributed by atoms with Gasteiger partial charge in [0.05, 0.1) is 12.7 Å². The Morgan fingerprint density at radius 2 is 2.11 bits per heavy atom. The number of carboxylic acid groups (broad SMARTS) is 1. The molecule has 0 bridgehead atoms. The molecule has 5 nitrogen and oxygen atoms in total. The van der Waals surface area contributed by atoms with Crippen LogP contribution in [-0.4, -0.2) is 27.2 Å². The standard InChI is InChI=1S/C13H14N2O3/c1-10-14-9-12(13(16)17)15(10)7-8-18-11-5-3-2-4-6-11/h2-6,9H,7-8H2,1H3,(H,16,17). The highest BCUT2D eigenvalue weighted by molar-refractivity contribution is 5.85. The van der Waals surface area contributed by atoms with Crippen molar-refractivity contribution in [2.45, 2.75) is 13.5 Å². The predicted molar refractivity (Wildman–Crippen MR) is 65.9 cm³/mol. The molecule has 0 radical (unpaired) electrons. The summed E-state index contributed by atoms with van der Waals surface area (Å²) in [5.74, 6) is 0.464. The molecule has 0 aliphatic rings. The summed E-state index contributed by atoms with van der Waals surface area (Å²) in [6.07, 6.45) is 1.36. The number of aromatic carboxylic acids is 1. The minimum Gasteiger partial charge on any atom is -0.492 e. The van der Waals surface area contributed by atoms with Crippen molar-refractivity contribution in [2.24, 2.45) is 0 Å². The highest BCUT2D eigenvalue weighted by Gasteiger charge is 2.12. The smallest absolute Gasteiger partial charge is 0.354 e. The van der Waals surface area contributed by atoms with Crippen molar-refractivity contribution in [3.63, 3.8) is 0 Å². The molecule has 0 spiro atoms. The van der Waals surface area contributed by atoms with E-state index in [-0.39, 0.29) is 5.69 Å². The Balaban J connectivity index is 1.98. The van der Waals surface area contributed by atoms with Crippen LogP contribution in [0.5, 0.6) is 5.75 Å². The van der Waals surface area contributed by atoms with Crippen molar-refractivity contribution in [1.29, 1.82) is 0 Å². The SMILES string of the molecule is Cc1ncc(C(=O)O)n1CCOc1ccccc1. The lowest BCUT2D eigenvalue weighted by atomic mass is 10.3. The van der Waals surface area contributed by atoms with Gasteiger partial charge in [-0.25, -0.2) is 9.78 Å². The third kappa shape index (κ3) is 2.68. The van der Waals surface area contributed by atoms with Gasteiger partial charge >= 0.3 is 5.97 Å². The van der Waals surface area contributed by atoms with E-state index in [2.05, 4.69) is 4.98 Å². The number of hydrogen-bond donors (Lipinski definition) is 1. The fourth-order valence-corrected chi connectivity index (χ4v) is 1.69. The molecule has 1 aromatic carbocycles. The zero-order chi connectivity index (χ0) is 13.0. The molecular formula is C13H14N2O3. The zero-order valence-electron chi connectivity index (χ0n) is 10.0. The lowest BCUT2D eigenvalue weighted by Crippen LogP contribution is -2.15. The van der Waals surface area contributed by atoms with Crippen LogP contribution in [0.25, 0.3) is 0 Å². The van der Waals surface area contributed by atoms with Crippen molar-refractivity contribution in [1.82, 2.24) is 9.55 Å². The second-order valence-corrected chi connectivity index (χ2v) is 3.81. The van der Waals surface area contributed by atoms with Gasteiger partial charge in [0.15, 0.2) is 0 Å². The van der Waals surface area contributed by atoms with Gasteiger partial charge < -0.3 is 14.4 Å². The number of aromatic nitrogens is 2. The van der Waals surface area contributed by atoms with E-state index < -0.39 is 5.97 Å². The van der Waals surface area contributed by atoms with Gasteiger partial charge in [0.1, 0.15) is 23.9 Å². The molecule has 18 heavy (non-hydrogen) atoms. The van der Waals surface area contributed by atoms with E-state index in [1.54, 1.807) is 11.5 Å². The van der Waals surface area contributed by atoms with E-state index in [9.17, 15) is 4.79 Å². The summed E-state index contributed by atoms with van der Waals surface area (Å²) in [4.78, 5) is 15.0. The van der Waals surface area contributed by atoms with E-state index >= 15 is 0 Å². The molecule has 0 saturated carbocycles. The van der Waals surface area contributed by atoms with Crippen LogP contribution in [0.2, 0.25) is 0 Å². The Morgan fingerprint density at radius 1 is 1.39 bits per heavy atom. The first-order chi connectivity index (χ1) is 8.68. The summed E-state index contributed by atoms with van der Waals surface area (Å²) in [5.41, 5.74) is 0.184. The minimum absolute atomic E-state index is 0.184. The summed E-state index contributed by atoms with van der Waals surface area (Å²) in [6, 6.07) is 9.41. The maximum Gasteiger partial charge on any atom is 0.354 e. The normalized spacial score (nSPS) is 10.3. The summed E-state index contributed by atoms with van der Waals surface area (Å²) in [7, 11) is 0. The van der Waals surface area contributed by atoms with Crippen LogP contribution in [0, 0.1) is 6.92 Å². The molecule has 0 fully saturated rings. The van der Waals surface area contributed by atoms with Gasteiger partial charge in [0.25, 0.3) is 0 Å². The highest BCUT2D eigenvalue weighted by Crippen LogP contribution is 2.09. The minimum atomic E-state index is -0.977. The number of rotatable bonds is 5. The molecule has 0 amide bonds. The maximum absolute atomic E-state index is 11.0. The average Bonchev–Trinajstić information content (AvgIpc) is 2.73. The van der Waals surface area contributed by atoms with E-state index in [1.807, 2.05) is 30.3 Å². The van der Waals surface area contributed by atoms with E-state index in [0.29, 0.717) is 19.0 Å².